The highest BCUT2D eigenvalue weighted by atomic mass is 32.2. The van der Waals surface area contributed by atoms with Crippen LogP contribution in [0.25, 0.3) is 0 Å². The molecule has 0 saturated carbocycles. The zero-order chi connectivity index (χ0) is 10.4. The summed E-state index contributed by atoms with van der Waals surface area (Å²) in [5, 5.41) is 3.94. The van der Waals surface area contributed by atoms with Gasteiger partial charge in [0, 0.05) is 12.6 Å². The third-order valence-electron chi connectivity index (χ3n) is 1.75. The van der Waals surface area contributed by atoms with Crippen LogP contribution in [0.2, 0.25) is 0 Å². The molecule has 4 nitrogen and oxygen atoms in total. The lowest BCUT2D eigenvalue weighted by Crippen LogP contribution is -2.23. The second kappa shape index (κ2) is 5.70. The second-order valence-corrected chi connectivity index (χ2v) is 4.26. The summed E-state index contributed by atoms with van der Waals surface area (Å²) in [5.74, 6) is 2.56. The number of nitrogens with zero attached hydrogens (tertiary/aromatic N) is 2. The van der Waals surface area contributed by atoms with Crippen LogP contribution in [0, 0.1) is 0 Å². The van der Waals surface area contributed by atoms with Crippen LogP contribution >= 0.6 is 11.8 Å². The predicted octanol–water partition coefficient (Wildman–Crippen LogP) is 0.969. The molecule has 0 aromatic carbocycles. The highest BCUT2D eigenvalue weighted by Crippen LogP contribution is 2.01. The van der Waals surface area contributed by atoms with Gasteiger partial charge in [-0.3, -0.25) is 4.79 Å². The number of rotatable bonds is 5. The molecule has 0 aliphatic rings. The van der Waals surface area contributed by atoms with Crippen LogP contribution < -0.4 is 11.3 Å². The minimum Gasteiger partial charge on any atom is -0.382 e. The molecule has 1 aromatic rings. The van der Waals surface area contributed by atoms with E-state index in [1.165, 1.54) is 16.8 Å². The Labute approximate surface area is 87.5 Å². The summed E-state index contributed by atoms with van der Waals surface area (Å²) in [7, 11) is 0. The van der Waals surface area contributed by atoms with Gasteiger partial charge in [-0.25, -0.2) is 4.68 Å². The predicted molar refractivity (Wildman–Crippen MR) is 60.5 cm³/mol. The van der Waals surface area contributed by atoms with Crippen molar-refractivity contribution in [3.8, 4) is 0 Å². The Morgan fingerprint density at radius 2 is 2.36 bits per heavy atom. The minimum absolute atomic E-state index is 0.0827. The molecule has 14 heavy (non-hydrogen) atoms. The Bertz CT molecular complexity index is 337. The highest BCUT2D eigenvalue weighted by Gasteiger charge is 1.97. The Morgan fingerprint density at radius 3 is 3.07 bits per heavy atom. The van der Waals surface area contributed by atoms with Crippen LogP contribution in [0.5, 0.6) is 0 Å². The van der Waals surface area contributed by atoms with Gasteiger partial charge in [0.25, 0.3) is 5.56 Å². The average Bonchev–Trinajstić information content (AvgIpc) is 2.18. The van der Waals surface area contributed by atoms with E-state index in [0.717, 1.165) is 17.9 Å². The number of aryl methyl sites for hydroxylation is 1. The topological polar surface area (TPSA) is 60.9 Å². The zero-order valence-corrected chi connectivity index (χ0v) is 9.09. The monoisotopic (exact) mass is 213 g/mol. The summed E-state index contributed by atoms with van der Waals surface area (Å²) in [5.41, 5.74) is 5.40. The summed E-state index contributed by atoms with van der Waals surface area (Å²) < 4.78 is 1.42. The van der Waals surface area contributed by atoms with Crippen LogP contribution in [-0.4, -0.2) is 21.3 Å². The van der Waals surface area contributed by atoms with Crippen LogP contribution in [0.4, 0.5) is 5.82 Å². The largest absolute Gasteiger partial charge is 0.382 e. The molecule has 0 fully saturated rings. The van der Waals surface area contributed by atoms with Crippen molar-refractivity contribution >= 4 is 17.6 Å². The SMILES string of the molecule is CCSCCCn1nc(N)ccc1=O. The van der Waals surface area contributed by atoms with Gasteiger partial charge in [0.05, 0.1) is 0 Å². The molecule has 0 bridgehead atoms. The van der Waals surface area contributed by atoms with Gasteiger partial charge in [0.2, 0.25) is 0 Å². The number of nitrogens with two attached hydrogens (primary N) is 1. The Morgan fingerprint density at radius 1 is 1.57 bits per heavy atom. The maximum Gasteiger partial charge on any atom is 0.266 e. The molecule has 0 unspecified atom stereocenters. The summed E-state index contributed by atoms with van der Waals surface area (Å²) in [4.78, 5) is 11.3. The van der Waals surface area contributed by atoms with Gasteiger partial charge in [-0.15, -0.1) is 0 Å². The first-order valence-corrected chi connectivity index (χ1v) is 5.81. The van der Waals surface area contributed by atoms with Crippen molar-refractivity contribution < 1.29 is 0 Å². The Kier molecular flexibility index (Phi) is 4.52. The van der Waals surface area contributed by atoms with Crippen molar-refractivity contribution in [3.05, 3.63) is 22.5 Å². The van der Waals surface area contributed by atoms with E-state index in [-0.39, 0.29) is 5.56 Å². The molecule has 5 heteroatoms. The van der Waals surface area contributed by atoms with Gasteiger partial charge in [-0.2, -0.15) is 16.9 Å². The van der Waals surface area contributed by atoms with E-state index in [1.54, 1.807) is 0 Å². The van der Waals surface area contributed by atoms with Gasteiger partial charge in [-0.05, 0) is 24.0 Å². The van der Waals surface area contributed by atoms with Gasteiger partial charge in [0.1, 0.15) is 5.82 Å². The molecule has 1 rings (SSSR count). The molecular formula is C9H15N3OS. The molecule has 0 spiro atoms. The van der Waals surface area contributed by atoms with Gasteiger partial charge in [0.15, 0.2) is 0 Å². The lowest BCUT2D eigenvalue weighted by atomic mass is 10.4. The van der Waals surface area contributed by atoms with Gasteiger partial charge < -0.3 is 5.73 Å². The number of hydrogen-bond donors (Lipinski definition) is 1. The lowest BCUT2D eigenvalue weighted by molar-refractivity contribution is 0.574. The molecule has 2 N–H and O–H groups in total. The highest BCUT2D eigenvalue weighted by molar-refractivity contribution is 7.99. The lowest BCUT2D eigenvalue weighted by Gasteiger charge is -2.03. The standard InChI is InChI=1S/C9H15N3OS/c1-2-14-7-3-6-12-9(13)5-4-8(10)11-12/h4-5H,2-3,6-7H2,1H3,(H2,10,11). The Balaban J connectivity index is 2.49. The van der Waals surface area contributed by atoms with Crippen molar-refractivity contribution in [3.63, 3.8) is 0 Å². The number of aromatic nitrogens is 2. The fourth-order valence-corrected chi connectivity index (χ4v) is 1.71. The van der Waals surface area contributed by atoms with E-state index < -0.39 is 0 Å². The molecule has 78 valence electrons. The van der Waals surface area contributed by atoms with Crippen molar-refractivity contribution in [2.45, 2.75) is 19.9 Å². The molecule has 0 amide bonds. The van der Waals surface area contributed by atoms with Crippen molar-refractivity contribution in [1.29, 1.82) is 0 Å². The molecule has 0 aliphatic carbocycles. The van der Waals surface area contributed by atoms with E-state index in [4.69, 9.17) is 5.73 Å². The molecule has 1 aromatic heterocycles. The second-order valence-electron chi connectivity index (χ2n) is 2.87. The molecule has 0 saturated heterocycles. The maximum absolute atomic E-state index is 11.3. The van der Waals surface area contributed by atoms with Crippen LogP contribution in [0.3, 0.4) is 0 Å². The smallest absolute Gasteiger partial charge is 0.266 e. The number of nitrogen functional groups attached to an aromatic ring is 1. The third-order valence-corrected chi connectivity index (χ3v) is 2.74. The summed E-state index contributed by atoms with van der Waals surface area (Å²) in [6.45, 7) is 2.77. The van der Waals surface area contributed by atoms with E-state index in [9.17, 15) is 4.79 Å². The van der Waals surface area contributed by atoms with Gasteiger partial charge >= 0.3 is 0 Å². The van der Waals surface area contributed by atoms with Crippen LogP contribution in [0.15, 0.2) is 16.9 Å². The molecule has 0 radical (unpaired) electrons. The normalized spacial score (nSPS) is 10.4. The fraction of sp³-hybridized carbons (Fsp3) is 0.556. The molecule has 1 heterocycles. The van der Waals surface area contributed by atoms with E-state index in [1.807, 2.05) is 11.8 Å². The first-order valence-electron chi connectivity index (χ1n) is 4.65. The third kappa shape index (κ3) is 3.41. The van der Waals surface area contributed by atoms with E-state index in [2.05, 4.69) is 12.0 Å². The van der Waals surface area contributed by atoms with E-state index in [0.29, 0.717) is 12.4 Å². The fourth-order valence-electron chi connectivity index (χ4n) is 1.09. The van der Waals surface area contributed by atoms with Crippen LogP contribution in [0.1, 0.15) is 13.3 Å². The van der Waals surface area contributed by atoms with Crippen molar-refractivity contribution in [2.24, 2.45) is 0 Å². The number of anilines is 1. The maximum atomic E-state index is 11.3. The van der Waals surface area contributed by atoms with Crippen molar-refractivity contribution in [1.82, 2.24) is 9.78 Å². The molecule has 0 atom stereocenters. The van der Waals surface area contributed by atoms with Crippen LogP contribution in [-0.2, 0) is 6.54 Å². The summed E-state index contributed by atoms with van der Waals surface area (Å²) in [6.07, 6.45) is 0.953. The van der Waals surface area contributed by atoms with Gasteiger partial charge in [-0.1, -0.05) is 6.92 Å². The number of thioether (sulfide) groups is 1. The van der Waals surface area contributed by atoms with E-state index >= 15 is 0 Å². The summed E-state index contributed by atoms with van der Waals surface area (Å²) >= 11 is 1.86. The first kappa shape index (κ1) is 11.1. The first-order chi connectivity index (χ1) is 6.74. The average molecular weight is 213 g/mol. The molecular weight excluding hydrogens is 198 g/mol. The quantitative estimate of drug-likeness (QED) is 0.740. The minimum atomic E-state index is -0.0827. The van der Waals surface area contributed by atoms with Crippen molar-refractivity contribution in [2.75, 3.05) is 17.2 Å². The molecule has 0 aliphatic heterocycles. The number of hydrogen-bond acceptors (Lipinski definition) is 4. The Hall–Kier alpha value is -0.970. The summed E-state index contributed by atoms with van der Waals surface area (Å²) in [6, 6.07) is 2.98. The zero-order valence-electron chi connectivity index (χ0n) is 8.27.